The number of aromatic nitrogens is 1. The molecule has 1 N–H and O–H groups in total. The van der Waals surface area contributed by atoms with Crippen molar-refractivity contribution in [3.63, 3.8) is 0 Å². The van der Waals surface area contributed by atoms with Gasteiger partial charge in [-0.25, -0.2) is 0 Å². The summed E-state index contributed by atoms with van der Waals surface area (Å²) in [5.74, 6) is 0.689. The topological polar surface area (TPSA) is 74.8 Å². The van der Waals surface area contributed by atoms with Crippen LogP contribution in [0.25, 0.3) is 0 Å². The Balaban J connectivity index is 1.40. The van der Waals surface area contributed by atoms with Crippen LogP contribution in [0.4, 0.5) is 0 Å². The molecule has 2 amide bonds. The molecule has 4 rings (SSSR count). The van der Waals surface area contributed by atoms with E-state index in [0.717, 1.165) is 23.6 Å². The molecule has 2 saturated heterocycles. The first-order chi connectivity index (χ1) is 13.6. The van der Waals surface area contributed by atoms with Crippen LogP contribution in [-0.4, -0.2) is 65.4 Å². The summed E-state index contributed by atoms with van der Waals surface area (Å²) in [6, 6.07) is 12.5. The van der Waals surface area contributed by atoms with E-state index in [4.69, 9.17) is 4.74 Å². The lowest BCUT2D eigenvalue weighted by Gasteiger charge is -2.45. The van der Waals surface area contributed by atoms with Crippen molar-refractivity contribution in [2.75, 3.05) is 26.7 Å². The lowest BCUT2D eigenvalue weighted by molar-refractivity contribution is -0.153. The van der Waals surface area contributed by atoms with E-state index in [1.807, 2.05) is 42.5 Å². The number of ether oxygens (including phenoxy) is 1. The molecule has 2 aliphatic rings. The summed E-state index contributed by atoms with van der Waals surface area (Å²) in [6.45, 7) is 2.51. The molecule has 0 radical (unpaired) electrons. The quantitative estimate of drug-likeness (QED) is 0.832. The Morgan fingerprint density at radius 3 is 2.68 bits per heavy atom. The van der Waals surface area contributed by atoms with Crippen molar-refractivity contribution < 1.29 is 14.3 Å². The average Bonchev–Trinajstić information content (AvgIpc) is 2.73. The fraction of sp³-hybridized carbons (Fsp3) is 0.381. The second-order valence-electron chi connectivity index (χ2n) is 7.22. The Bertz CT molecular complexity index is 840. The number of nitrogens with zero attached hydrogens (tertiary/aromatic N) is 3. The molecule has 1 aromatic carbocycles. The van der Waals surface area contributed by atoms with E-state index in [9.17, 15) is 9.59 Å². The first-order valence-electron chi connectivity index (χ1n) is 9.50. The van der Waals surface area contributed by atoms with Crippen LogP contribution in [0.5, 0.6) is 5.75 Å². The number of carbonyl (C=O) groups is 2. The molecule has 7 nitrogen and oxygen atoms in total. The van der Waals surface area contributed by atoms with Gasteiger partial charge in [-0.15, -0.1) is 0 Å². The molecule has 0 aliphatic carbocycles. The van der Waals surface area contributed by atoms with Gasteiger partial charge in [-0.1, -0.05) is 18.2 Å². The Morgan fingerprint density at radius 2 is 1.96 bits per heavy atom. The fourth-order valence-electron chi connectivity index (χ4n) is 3.86. The number of hydrogen-bond donors (Lipinski definition) is 1. The highest BCUT2D eigenvalue weighted by molar-refractivity contribution is 5.97. The summed E-state index contributed by atoms with van der Waals surface area (Å²) in [6.07, 6.45) is 2.25. The van der Waals surface area contributed by atoms with Crippen LogP contribution in [0, 0.1) is 0 Å². The van der Waals surface area contributed by atoms with Gasteiger partial charge in [0.2, 0.25) is 11.8 Å². The maximum Gasteiger partial charge on any atom is 0.246 e. The second kappa shape index (κ2) is 7.98. The SMILES string of the molecule is COc1ccc(C[C@@H]2NC(=O)[C@H]3CN(Cc4ccccn4)CCN3C2=O)cc1. The number of methoxy groups -OCH3 is 1. The van der Waals surface area contributed by atoms with Crippen LogP contribution in [0.1, 0.15) is 11.3 Å². The molecule has 2 atom stereocenters. The van der Waals surface area contributed by atoms with E-state index in [1.165, 1.54) is 0 Å². The predicted molar refractivity (Wildman–Crippen MR) is 104 cm³/mol. The first-order valence-corrected chi connectivity index (χ1v) is 9.50. The number of nitrogens with one attached hydrogen (secondary N) is 1. The third-order valence-electron chi connectivity index (χ3n) is 5.38. The number of pyridine rings is 1. The van der Waals surface area contributed by atoms with E-state index in [1.54, 1.807) is 18.2 Å². The van der Waals surface area contributed by atoms with Gasteiger partial charge in [0.25, 0.3) is 0 Å². The summed E-state index contributed by atoms with van der Waals surface area (Å²) >= 11 is 0. The summed E-state index contributed by atoms with van der Waals surface area (Å²) < 4.78 is 5.17. The smallest absolute Gasteiger partial charge is 0.246 e. The van der Waals surface area contributed by atoms with Gasteiger partial charge in [0.05, 0.1) is 12.8 Å². The lowest BCUT2D eigenvalue weighted by Crippen LogP contribution is -2.69. The van der Waals surface area contributed by atoms with Crippen LogP contribution in [0.2, 0.25) is 0 Å². The summed E-state index contributed by atoms with van der Waals surface area (Å²) in [4.78, 5) is 33.9. The Morgan fingerprint density at radius 1 is 1.14 bits per heavy atom. The van der Waals surface area contributed by atoms with Crippen LogP contribution in [-0.2, 0) is 22.6 Å². The summed E-state index contributed by atoms with van der Waals surface area (Å²) in [7, 11) is 1.62. The van der Waals surface area contributed by atoms with Crippen LogP contribution >= 0.6 is 0 Å². The van der Waals surface area contributed by atoms with E-state index >= 15 is 0 Å². The summed E-state index contributed by atoms with van der Waals surface area (Å²) in [5, 5.41) is 2.92. The highest BCUT2D eigenvalue weighted by atomic mass is 16.5. The van der Waals surface area contributed by atoms with E-state index in [2.05, 4.69) is 15.2 Å². The van der Waals surface area contributed by atoms with Crippen molar-refractivity contribution in [1.82, 2.24) is 20.1 Å². The van der Waals surface area contributed by atoms with Crippen molar-refractivity contribution in [2.45, 2.75) is 25.0 Å². The third-order valence-corrected chi connectivity index (χ3v) is 5.38. The van der Waals surface area contributed by atoms with E-state index in [-0.39, 0.29) is 11.8 Å². The molecule has 28 heavy (non-hydrogen) atoms. The Hall–Kier alpha value is -2.93. The second-order valence-corrected chi connectivity index (χ2v) is 7.22. The number of benzene rings is 1. The van der Waals surface area contributed by atoms with Crippen molar-refractivity contribution in [2.24, 2.45) is 0 Å². The molecule has 0 saturated carbocycles. The number of fused-ring (bicyclic) bond motifs is 1. The van der Waals surface area contributed by atoms with E-state index in [0.29, 0.717) is 26.1 Å². The zero-order valence-corrected chi connectivity index (χ0v) is 15.9. The molecule has 146 valence electrons. The van der Waals surface area contributed by atoms with Gasteiger partial charge < -0.3 is 15.0 Å². The zero-order valence-electron chi connectivity index (χ0n) is 15.9. The Labute approximate surface area is 164 Å². The molecule has 2 aliphatic heterocycles. The predicted octanol–water partition coefficient (Wildman–Crippen LogP) is 0.844. The van der Waals surface area contributed by atoms with Crippen molar-refractivity contribution in [3.05, 3.63) is 59.9 Å². The average molecular weight is 380 g/mol. The van der Waals surface area contributed by atoms with Crippen LogP contribution in [0.15, 0.2) is 48.7 Å². The highest BCUT2D eigenvalue weighted by Crippen LogP contribution is 2.20. The third kappa shape index (κ3) is 3.84. The minimum atomic E-state index is -0.514. The van der Waals surface area contributed by atoms with Gasteiger partial charge in [-0.3, -0.25) is 19.5 Å². The molecule has 7 heteroatoms. The molecule has 2 fully saturated rings. The first kappa shape index (κ1) is 18.4. The standard InChI is InChI=1S/C21H24N4O3/c1-28-17-7-5-15(6-8-17)12-18-21(27)25-11-10-24(14-19(25)20(26)23-18)13-16-4-2-3-9-22-16/h2-9,18-19H,10-14H2,1H3,(H,23,26)/t18-,19+/m0/s1. The minimum absolute atomic E-state index is 0.00194. The number of rotatable bonds is 5. The van der Waals surface area contributed by atoms with Gasteiger partial charge in [0, 0.05) is 38.8 Å². The highest BCUT2D eigenvalue weighted by Gasteiger charge is 2.43. The molecule has 0 bridgehead atoms. The van der Waals surface area contributed by atoms with Crippen molar-refractivity contribution in [1.29, 1.82) is 0 Å². The molecule has 0 spiro atoms. The number of piperazine rings is 2. The van der Waals surface area contributed by atoms with Gasteiger partial charge >= 0.3 is 0 Å². The zero-order chi connectivity index (χ0) is 19.5. The molecule has 1 aromatic heterocycles. The molecule has 3 heterocycles. The van der Waals surface area contributed by atoms with E-state index < -0.39 is 12.1 Å². The molecule has 2 aromatic rings. The van der Waals surface area contributed by atoms with Gasteiger partial charge in [0.15, 0.2) is 0 Å². The maximum atomic E-state index is 13.0. The summed E-state index contributed by atoms with van der Waals surface area (Å²) in [5.41, 5.74) is 1.96. The largest absolute Gasteiger partial charge is 0.497 e. The van der Waals surface area contributed by atoms with Crippen LogP contribution < -0.4 is 10.1 Å². The van der Waals surface area contributed by atoms with Crippen molar-refractivity contribution in [3.8, 4) is 5.75 Å². The number of amides is 2. The Kier molecular flexibility index (Phi) is 5.25. The molecular weight excluding hydrogens is 356 g/mol. The number of carbonyl (C=O) groups excluding carboxylic acids is 2. The van der Waals surface area contributed by atoms with Gasteiger partial charge in [-0.2, -0.15) is 0 Å². The lowest BCUT2D eigenvalue weighted by atomic mass is 9.98. The van der Waals surface area contributed by atoms with Crippen LogP contribution in [0.3, 0.4) is 0 Å². The molecule has 0 unspecified atom stereocenters. The maximum absolute atomic E-state index is 13.0. The fourth-order valence-corrected chi connectivity index (χ4v) is 3.86. The van der Waals surface area contributed by atoms with Gasteiger partial charge in [-0.05, 0) is 29.8 Å². The molecular formula is C21H24N4O3. The van der Waals surface area contributed by atoms with Gasteiger partial charge in [0.1, 0.15) is 17.8 Å². The monoisotopic (exact) mass is 380 g/mol. The van der Waals surface area contributed by atoms with Crippen molar-refractivity contribution >= 4 is 11.8 Å². The number of hydrogen-bond acceptors (Lipinski definition) is 5. The normalized spacial score (nSPS) is 22.5. The minimum Gasteiger partial charge on any atom is -0.497 e.